The SMILES string of the molecule is Cn1c(SCC(=O)Nc2ccc(F)cc2)nnc1-c1ccc(NC(=O)c2ccccc2F)cc1. The maximum absolute atomic E-state index is 13.8. The highest BCUT2D eigenvalue weighted by molar-refractivity contribution is 7.99. The number of hydrogen-bond acceptors (Lipinski definition) is 5. The number of carbonyl (C=O) groups excluding carboxylic acids is 2. The van der Waals surface area contributed by atoms with Gasteiger partial charge in [-0.25, -0.2) is 8.78 Å². The van der Waals surface area contributed by atoms with Gasteiger partial charge >= 0.3 is 0 Å². The van der Waals surface area contributed by atoms with Crippen molar-refractivity contribution in [2.75, 3.05) is 16.4 Å². The Morgan fingerprint density at radius 1 is 0.882 bits per heavy atom. The topological polar surface area (TPSA) is 88.9 Å². The second-order valence-corrected chi connectivity index (χ2v) is 8.16. The van der Waals surface area contributed by atoms with Crippen molar-refractivity contribution in [1.82, 2.24) is 14.8 Å². The van der Waals surface area contributed by atoms with Gasteiger partial charge in [0.2, 0.25) is 5.91 Å². The van der Waals surface area contributed by atoms with Crippen molar-refractivity contribution in [3.63, 3.8) is 0 Å². The van der Waals surface area contributed by atoms with Crippen molar-refractivity contribution in [2.45, 2.75) is 5.16 Å². The Labute approximate surface area is 198 Å². The number of rotatable bonds is 7. The second kappa shape index (κ2) is 10.3. The summed E-state index contributed by atoms with van der Waals surface area (Å²) >= 11 is 1.21. The molecule has 0 radical (unpaired) electrons. The van der Waals surface area contributed by atoms with Gasteiger partial charge in [-0.3, -0.25) is 9.59 Å². The van der Waals surface area contributed by atoms with Crippen LogP contribution in [0.15, 0.2) is 78.0 Å². The molecule has 0 bridgehead atoms. The Bertz CT molecular complexity index is 1320. The van der Waals surface area contributed by atoms with Crippen molar-refractivity contribution in [1.29, 1.82) is 0 Å². The van der Waals surface area contributed by atoms with Crippen LogP contribution in [-0.4, -0.2) is 32.3 Å². The predicted molar refractivity (Wildman–Crippen MR) is 127 cm³/mol. The summed E-state index contributed by atoms with van der Waals surface area (Å²) in [4.78, 5) is 24.4. The van der Waals surface area contributed by atoms with E-state index in [0.29, 0.717) is 22.4 Å². The Morgan fingerprint density at radius 2 is 1.53 bits per heavy atom. The molecule has 10 heteroatoms. The standard InChI is InChI=1S/C24H19F2N5O2S/c1-31-22(29-30-24(31)34-14-21(32)27-17-12-8-16(25)9-13-17)15-6-10-18(11-7-15)28-23(33)19-4-2-3-5-20(19)26/h2-13H,14H2,1H3,(H,27,32)(H,28,33). The van der Waals surface area contributed by atoms with Crippen molar-refractivity contribution in [2.24, 2.45) is 7.05 Å². The third-order valence-electron chi connectivity index (χ3n) is 4.81. The average Bonchev–Trinajstić information content (AvgIpc) is 3.20. The Morgan fingerprint density at radius 3 is 2.24 bits per heavy atom. The average molecular weight is 480 g/mol. The number of carbonyl (C=O) groups is 2. The smallest absolute Gasteiger partial charge is 0.258 e. The molecule has 3 aromatic carbocycles. The zero-order chi connectivity index (χ0) is 24.1. The summed E-state index contributed by atoms with van der Waals surface area (Å²) < 4.78 is 28.5. The lowest BCUT2D eigenvalue weighted by Crippen LogP contribution is -2.14. The molecule has 0 saturated heterocycles. The molecular weight excluding hydrogens is 460 g/mol. The molecule has 2 N–H and O–H groups in total. The third-order valence-corrected chi connectivity index (χ3v) is 5.83. The Balaban J connectivity index is 1.37. The number of halogens is 2. The van der Waals surface area contributed by atoms with Crippen LogP contribution in [0.2, 0.25) is 0 Å². The van der Waals surface area contributed by atoms with Gasteiger partial charge in [-0.05, 0) is 60.7 Å². The summed E-state index contributed by atoms with van der Waals surface area (Å²) in [5.41, 5.74) is 1.73. The lowest BCUT2D eigenvalue weighted by molar-refractivity contribution is -0.113. The van der Waals surface area contributed by atoms with Gasteiger partial charge in [0.15, 0.2) is 11.0 Å². The number of thioether (sulfide) groups is 1. The molecule has 0 unspecified atom stereocenters. The van der Waals surface area contributed by atoms with Gasteiger partial charge in [0.05, 0.1) is 11.3 Å². The molecule has 0 fully saturated rings. The number of nitrogens with zero attached hydrogens (tertiary/aromatic N) is 3. The van der Waals surface area contributed by atoms with Crippen LogP contribution in [0, 0.1) is 11.6 Å². The highest BCUT2D eigenvalue weighted by Gasteiger charge is 2.14. The largest absolute Gasteiger partial charge is 0.325 e. The fourth-order valence-electron chi connectivity index (χ4n) is 3.10. The van der Waals surface area contributed by atoms with Gasteiger partial charge < -0.3 is 15.2 Å². The molecule has 1 aromatic heterocycles. The van der Waals surface area contributed by atoms with E-state index < -0.39 is 11.7 Å². The van der Waals surface area contributed by atoms with E-state index in [-0.39, 0.29) is 23.0 Å². The molecule has 0 spiro atoms. The number of nitrogens with one attached hydrogen (secondary N) is 2. The minimum Gasteiger partial charge on any atom is -0.325 e. The summed E-state index contributed by atoms with van der Waals surface area (Å²) in [5, 5.41) is 14.2. The van der Waals surface area contributed by atoms with Crippen molar-refractivity contribution in [3.8, 4) is 11.4 Å². The summed E-state index contributed by atoms with van der Waals surface area (Å²) in [7, 11) is 1.78. The summed E-state index contributed by atoms with van der Waals surface area (Å²) in [5.74, 6) is -1.08. The van der Waals surface area contributed by atoms with Crippen molar-refractivity contribution >= 4 is 35.0 Å². The van der Waals surface area contributed by atoms with Gasteiger partial charge in [0.25, 0.3) is 5.91 Å². The van der Waals surface area contributed by atoms with E-state index in [4.69, 9.17) is 0 Å². The number of anilines is 2. The predicted octanol–water partition coefficient (Wildman–Crippen LogP) is 4.74. The van der Waals surface area contributed by atoms with Crippen molar-refractivity contribution < 1.29 is 18.4 Å². The minimum atomic E-state index is -0.591. The van der Waals surface area contributed by atoms with E-state index >= 15 is 0 Å². The molecule has 34 heavy (non-hydrogen) atoms. The highest BCUT2D eigenvalue weighted by atomic mass is 32.2. The highest BCUT2D eigenvalue weighted by Crippen LogP contribution is 2.24. The molecule has 0 atom stereocenters. The first-order valence-electron chi connectivity index (χ1n) is 10.1. The zero-order valence-electron chi connectivity index (χ0n) is 18.0. The van der Waals surface area contributed by atoms with E-state index in [2.05, 4.69) is 20.8 Å². The molecule has 0 aliphatic carbocycles. The van der Waals surface area contributed by atoms with E-state index in [1.807, 2.05) is 0 Å². The number of benzene rings is 3. The summed E-state index contributed by atoms with van der Waals surface area (Å²) in [6, 6.07) is 18.2. The second-order valence-electron chi connectivity index (χ2n) is 7.22. The monoisotopic (exact) mass is 479 g/mol. The lowest BCUT2D eigenvalue weighted by Gasteiger charge is -2.08. The third kappa shape index (κ3) is 5.46. The number of amides is 2. The van der Waals surface area contributed by atoms with Crippen LogP contribution < -0.4 is 10.6 Å². The molecule has 0 aliphatic heterocycles. The molecule has 4 aromatic rings. The first kappa shape index (κ1) is 23.1. The quantitative estimate of drug-likeness (QED) is 0.374. The molecule has 2 amide bonds. The van der Waals surface area contributed by atoms with Crippen LogP contribution in [0.4, 0.5) is 20.2 Å². The van der Waals surface area contributed by atoms with Crippen LogP contribution in [0.25, 0.3) is 11.4 Å². The zero-order valence-corrected chi connectivity index (χ0v) is 18.8. The van der Waals surface area contributed by atoms with E-state index in [1.165, 1.54) is 54.2 Å². The van der Waals surface area contributed by atoms with Crippen LogP contribution in [0.3, 0.4) is 0 Å². The van der Waals surface area contributed by atoms with E-state index in [9.17, 15) is 18.4 Å². The van der Waals surface area contributed by atoms with E-state index in [1.54, 1.807) is 41.9 Å². The molecule has 0 aliphatic rings. The maximum Gasteiger partial charge on any atom is 0.258 e. The molecular formula is C24H19F2N5O2S. The number of aromatic nitrogens is 3. The first-order chi connectivity index (χ1) is 16.4. The van der Waals surface area contributed by atoms with E-state index in [0.717, 1.165) is 5.56 Å². The maximum atomic E-state index is 13.8. The Hall–Kier alpha value is -4.05. The Kier molecular flexibility index (Phi) is 6.98. The fraction of sp³-hybridized carbons (Fsp3) is 0.0833. The van der Waals surface area contributed by atoms with Gasteiger partial charge in [-0.15, -0.1) is 10.2 Å². The van der Waals surface area contributed by atoms with Crippen LogP contribution in [-0.2, 0) is 11.8 Å². The lowest BCUT2D eigenvalue weighted by atomic mass is 10.1. The molecule has 1 heterocycles. The molecule has 172 valence electrons. The molecule has 4 rings (SSSR count). The summed E-state index contributed by atoms with van der Waals surface area (Å²) in [6.45, 7) is 0. The van der Waals surface area contributed by atoms with Crippen LogP contribution in [0.1, 0.15) is 10.4 Å². The van der Waals surface area contributed by atoms with Gasteiger partial charge in [0.1, 0.15) is 11.6 Å². The van der Waals surface area contributed by atoms with Crippen molar-refractivity contribution in [3.05, 3.63) is 90.0 Å². The van der Waals surface area contributed by atoms with Crippen LogP contribution in [0.5, 0.6) is 0 Å². The minimum absolute atomic E-state index is 0.0370. The van der Waals surface area contributed by atoms with Gasteiger partial charge in [-0.2, -0.15) is 0 Å². The van der Waals surface area contributed by atoms with Gasteiger partial charge in [-0.1, -0.05) is 23.9 Å². The fourth-order valence-corrected chi connectivity index (χ4v) is 3.81. The molecule has 0 saturated carbocycles. The molecule has 7 nitrogen and oxygen atoms in total. The van der Waals surface area contributed by atoms with Gasteiger partial charge in [0, 0.05) is 24.0 Å². The number of hydrogen-bond donors (Lipinski definition) is 2. The normalized spacial score (nSPS) is 10.7. The summed E-state index contributed by atoms with van der Waals surface area (Å²) in [6.07, 6.45) is 0. The van der Waals surface area contributed by atoms with Crippen LogP contribution >= 0.6 is 11.8 Å². The first-order valence-corrected chi connectivity index (χ1v) is 11.1.